The lowest BCUT2D eigenvalue weighted by atomic mass is 9.96. The zero-order chi connectivity index (χ0) is 23.8. The molecule has 1 aliphatic heterocycles. The molecular formula is C24H34N4O3S2. The largest absolute Gasteiger partial charge is 0.335 e. The molecule has 0 atom stereocenters. The van der Waals surface area contributed by atoms with E-state index in [0.717, 1.165) is 47.5 Å². The third-order valence-electron chi connectivity index (χ3n) is 6.91. The monoisotopic (exact) mass is 490 g/mol. The Bertz CT molecular complexity index is 1110. The molecule has 0 spiro atoms. The number of thiazole rings is 1. The molecule has 0 radical (unpaired) electrons. The number of hydrogen-bond acceptors (Lipinski definition) is 5. The zero-order valence-corrected chi connectivity index (χ0v) is 21.6. The van der Waals surface area contributed by atoms with Crippen molar-refractivity contribution in [1.29, 1.82) is 0 Å². The second-order valence-electron chi connectivity index (χ2n) is 9.26. The Kier molecular flexibility index (Phi) is 7.23. The molecule has 2 aliphatic rings. The molecule has 1 aromatic carbocycles. The van der Waals surface area contributed by atoms with Gasteiger partial charge in [0, 0.05) is 44.8 Å². The lowest BCUT2D eigenvalue weighted by Crippen LogP contribution is -2.55. The maximum Gasteiger partial charge on any atom is 0.282 e. The average Bonchev–Trinajstić information content (AvgIpc) is 3.19. The molecule has 0 unspecified atom stereocenters. The van der Waals surface area contributed by atoms with E-state index in [2.05, 4.69) is 37.0 Å². The van der Waals surface area contributed by atoms with E-state index in [1.54, 1.807) is 16.3 Å². The molecule has 33 heavy (non-hydrogen) atoms. The Morgan fingerprint density at radius 3 is 2.36 bits per heavy atom. The van der Waals surface area contributed by atoms with Crippen LogP contribution in [0.1, 0.15) is 58.6 Å². The first-order chi connectivity index (χ1) is 15.7. The number of aromatic nitrogens is 1. The average molecular weight is 491 g/mol. The van der Waals surface area contributed by atoms with Crippen LogP contribution in [0.5, 0.6) is 0 Å². The molecule has 4 rings (SSSR count). The second kappa shape index (κ2) is 9.82. The fourth-order valence-corrected chi connectivity index (χ4v) is 7.55. The SMILES string of the molecule is Cc1ccc(-c2nc(C)c(C(=O)N3CCN(S(=O)(=O)N(C)C4CCCCC4)CC3)s2)c(C)c1. The summed E-state index contributed by atoms with van der Waals surface area (Å²) in [6.45, 7) is 7.44. The van der Waals surface area contributed by atoms with Crippen molar-refractivity contribution in [3.8, 4) is 10.6 Å². The summed E-state index contributed by atoms with van der Waals surface area (Å²) >= 11 is 1.42. The predicted molar refractivity (Wildman–Crippen MR) is 133 cm³/mol. The highest BCUT2D eigenvalue weighted by Gasteiger charge is 2.36. The lowest BCUT2D eigenvalue weighted by molar-refractivity contribution is 0.0696. The summed E-state index contributed by atoms with van der Waals surface area (Å²) in [6, 6.07) is 6.33. The molecule has 0 N–H and O–H groups in total. The van der Waals surface area contributed by atoms with Crippen LogP contribution in [0.4, 0.5) is 0 Å². The lowest BCUT2D eigenvalue weighted by Gasteiger charge is -2.38. The molecule has 1 saturated heterocycles. The Morgan fingerprint density at radius 1 is 1.06 bits per heavy atom. The van der Waals surface area contributed by atoms with Crippen molar-refractivity contribution in [2.45, 2.75) is 58.9 Å². The van der Waals surface area contributed by atoms with Gasteiger partial charge in [0.1, 0.15) is 9.88 Å². The van der Waals surface area contributed by atoms with Gasteiger partial charge >= 0.3 is 0 Å². The normalized spacial score (nSPS) is 18.8. The Hall–Kier alpha value is -1.81. The summed E-state index contributed by atoms with van der Waals surface area (Å²) in [6.07, 6.45) is 5.23. The number of carbonyl (C=O) groups is 1. The number of amides is 1. The molecule has 9 heteroatoms. The highest BCUT2D eigenvalue weighted by atomic mass is 32.2. The number of rotatable bonds is 5. The molecule has 7 nitrogen and oxygen atoms in total. The fraction of sp³-hybridized carbons (Fsp3) is 0.583. The summed E-state index contributed by atoms with van der Waals surface area (Å²) in [7, 11) is -1.80. The van der Waals surface area contributed by atoms with E-state index < -0.39 is 10.2 Å². The van der Waals surface area contributed by atoms with E-state index in [0.29, 0.717) is 31.1 Å². The van der Waals surface area contributed by atoms with Gasteiger partial charge < -0.3 is 4.90 Å². The Balaban J connectivity index is 1.43. The number of aryl methyl sites for hydroxylation is 3. The van der Waals surface area contributed by atoms with Crippen LogP contribution in [0.15, 0.2) is 18.2 Å². The van der Waals surface area contributed by atoms with Crippen molar-refractivity contribution >= 4 is 27.5 Å². The van der Waals surface area contributed by atoms with Crippen molar-refractivity contribution in [3.05, 3.63) is 39.9 Å². The van der Waals surface area contributed by atoms with Crippen molar-refractivity contribution in [2.75, 3.05) is 33.2 Å². The van der Waals surface area contributed by atoms with Crippen molar-refractivity contribution in [1.82, 2.24) is 18.5 Å². The zero-order valence-electron chi connectivity index (χ0n) is 20.0. The quantitative estimate of drug-likeness (QED) is 0.635. The van der Waals surface area contributed by atoms with E-state index in [-0.39, 0.29) is 11.9 Å². The summed E-state index contributed by atoms with van der Waals surface area (Å²) in [5.74, 6) is -0.0568. The molecule has 1 amide bonds. The van der Waals surface area contributed by atoms with Gasteiger partial charge in [-0.1, -0.05) is 43.0 Å². The first-order valence-corrected chi connectivity index (χ1v) is 14.0. The molecular weight excluding hydrogens is 456 g/mol. The minimum absolute atomic E-state index is 0.0568. The van der Waals surface area contributed by atoms with Crippen LogP contribution in [0.3, 0.4) is 0 Å². The minimum atomic E-state index is -3.50. The molecule has 2 fully saturated rings. The summed E-state index contributed by atoms with van der Waals surface area (Å²) < 4.78 is 29.4. The number of nitrogens with zero attached hydrogens (tertiary/aromatic N) is 4. The summed E-state index contributed by atoms with van der Waals surface area (Å²) in [5.41, 5.74) is 4.12. The van der Waals surface area contributed by atoms with Gasteiger partial charge in [0.2, 0.25) is 0 Å². The summed E-state index contributed by atoms with van der Waals surface area (Å²) in [5, 5.41) is 0.851. The molecule has 2 aromatic rings. The van der Waals surface area contributed by atoms with Gasteiger partial charge in [-0.25, -0.2) is 4.98 Å². The van der Waals surface area contributed by atoms with Crippen LogP contribution >= 0.6 is 11.3 Å². The standard InChI is InChI=1S/C24H34N4O3S2/c1-17-10-11-21(18(2)16-17)23-25-19(3)22(32-23)24(29)27-12-14-28(15-13-27)33(30,31)26(4)20-8-6-5-7-9-20/h10-11,16,20H,5-9,12-15H2,1-4H3. The third-order valence-corrected chi connectivity index (χ3v) is 10.1. The maximum atomic E-state index is 13.3. The van der Waals surface area contributed by atoms with E-state index in [1.165, 1.54) is 27.6 Å². The van der Waals surface area contributed by atoms with E-state index in [4.69, 9.17) is 0 Å². The molecule has 1 saturated carbocycles. The topological polar surface area (TPSA) is 73.8 Å². The number of hydrogen-bond donors (Lipinski definition) is 0. The van der Waals surface area contributed by atoms with Crippen LogP contribution in [0, 0.1) is 20.8 Å². The third kappa shape index (κ3) is 5.01. The highest BCUT2D eigenvalue weighted by molar-refractivity contribution is 7.86. The first kappa shape index (κ1) is 24.3. The van der Waals surface area contributed by atoms with E-state index >= 15 is 0 Å². The van der Waals surface area contributed by atoms with Crippen LogP contribution in [-0.4, -0.2) is 72.1 Å². The van der Waals surface area contributed by atoms with Crippen LogP contribution in [-0.2, 0) is 10.2 Å². The van der Waals surface area contributed by atoms with Crippen molar-refractivity contribution < 1.29 is 13.2 Å². The van der Waals surface area contributed by atoms with Gasteiger partial charge in [-0.3, -0.25) is 4.79 Å². The Morgan fingerprint density at radius 2 is 1.73 bits per heavy atom. The van der Waals surface area contributed by atoms with Crippen LogP contribution in [0.25, 0.3) is 10.6 Å². The van der Waals surface area contributed by atoms with Crippen LogP contribution < -0.4 is 0 Å². The van der Waals surface area contributed by atoms with Crippen LogP contribution in [0.2, 0.25) is 0 Å². The molecule has 0 bridgehead atoms. The minimum Gasteiger partial charge on any atom is -0.335 e. The van der Waals surface area contributed by atoms with Gasteiger partial charge in [-0.2, -0.15) is 17.0 Å². The maximum absolute atomic E-state index is 13.3. The Labute approximate surface area is 201 Å². The molecule has 1 aromatic heterocycles. The molecule has 1 aliphatic carbocycles. The van der Waals surface area contributed by atoms with Gasteiger partial charge in [-0.05, 0) is 39.2 Å². The number of carbonyl (C=O) groups excluding carboxylic acids is 1. The summed E-state index contributed by atoms with van der Waals surface area (Å²) in [4.78, 5) is 20.3. The smallest absolute Gasteiger partial charge is 0.282 e. The first-order valence-electron chi connectivity index (χ1n) is 11.8. The highest BCUT2D eigenvalue weighted by Crippen LogP contribution is 2.32. The fourth-order valence-electron chi connectivity index (χ4n) is 4.84. The van der Waals surface area contributed by atoms with Gasteiger partial charge in [0.05, 0.1) is 5.69 Å². The second-order valence-corrected chi connectivity index (χ2v) is 12.2. The van der Waals surface area contributed by atoms with Gasteiger partial charge in [-0.15, -0.1) is 11.3 Å². The van der Waals surface area contributed by atoms with E-state index in [9.17, 15) is 13.2 Å². The molecule has 2 heterocycles. The number of piperazine rings is 1. The predicted octanol–water partition coefficient (Wildman–Crippen LogP) is 4.00. The molecule has 180 valence electrons. The van der Waals surface area contributed by atoms with Crippen molar-refractivity contribution in [3.63, 3.8) is 0 Å². The van der Waals surface area contributed by atoms with Gasteiger partial charge in [0.25, 0.3) is 16.1 Å². The van der Waals surface area contributed by atoms with E-state index in [1.807, 2.05) is 6.92 Å². The van der Waals surface area contributed by atoms with Crippen molar-refractivity contribution in [2.24, 2.45) is 0 Å². The number of benzene rings is 1. The van der Waals surface area contributed by atoms with Gasteiger partial charge in [0.15, 0.2) is 0 Å².